The van der Waals surface area contributed by atoms with Crippen LogP contribution in [-0.4, -0.2) is 23.3 Å². The summed E-state index contributed by atoms with van der Waals surface area (Å²) >= 11 is 0. The zero-order valence-electron chi connectivity index (χ0n) is 11.5. The van der Waals surface area contributed by atoms with E-state index in [4.69, 9.17) is 0 Å². The van der Waals surface area contributed by atoms with E-state index in [0.717, 1.165) is 11.1 Å². The Labute approximate surface area is 135 Å². The maximum Gasteiger partial charge on any atom is 2.00 e. The summed E-state index contributed by atoms with van der Waals surface area (Å²) in [7, 11) is 0. The zero-order valence-corrected chi connectivity index (χ0v) is 12.5. The molecule has 0 heterocycles. The second-order valence-electron chi connectivity index (χ2n) is 4.47. The number of para-hydroxylation sites is 2. The van der Waals surface area contributed by atoms with E-state index in [-0.39, 0.29) is 28.6 Å². The van der Waals surface area contributed by atoms with E-state index in [2.05, 4.69) is 10.6 Å². The van der Waals surface area contributed by atoms with Crippen molar-refractivity contribution in [1.82, 2.24) is 0 Å². The number of nitrogens with zero attached hydrogens (tertiary/aromatic N) is 2. The molecule has 2 aromatic rings. The molecule has 0 aliphatic heterocycles. The first-order chi connectivity index (χ1) is 9.77. The Morgan fingerprint density at radius 2 is 1.05 bits per heavy atom. The molecule has 115 valence electrons. The third-order valence-electron chi connectivity index (χ3n) is 2.96. The molecule has 1 radical (unpaired) electrons. The molecule has 0 bridgehead atoms. The van der Waals surface area contributed by atoms with Crippen LogP contribution in [-0.2, 0) is 30.2 Å². The van der Waals surface area contributed by atoms with Crippen LogP contribution < -0.4 is 0 Å². The minimum Gasteiger partial charge on any atom is -0.660 e. The molecule has 21 heavy (non-hydrogen) atoms. The second kappa shape index (κ2) is 9.42. The third kappa shape index (κ3) is 5.77. The molecular formula is C16H18CuN2O2. The van der Waals surface area contributed by atoms with Crippen LogP contribution in [0.5, 0.6) is 11.5 Å². The molecule has 0 saturated carbocycles. The Balaban J connectivity index is 0.00000220. The van der Waals surface area contributed by atoms with Gasteiger partial charge in [0.15, 0.2) is 0 Å². The fourth-order valence-electron chi connectivity index (χ4n) is 1.83. The van der Waals surface area contributed by atoms with Crippen molar-refractivity contribution in [3.05, 3.63) is 70.3 Å². The molecule has 0 unspecified atom stereocenters. The van der Waals surface area contributed by atoms with Gasteiger partial charge in [0.25, 0.3) is 0 Å². The maximum absolute atomic E-state index is 9.58. The van der Waals surface area contributed by atoms with Crippen LogP contribution in [0.1, 0.15) is 11.1 Å². The van der Waals surface area contributed by atoms with Gasteiger partial charge in [-0.3, -0.25) is 0 Å². The number of rotatable bonds is 7. The number of benzene rings is 2. The summed E-state index contributed by atoms with van der Waals surface area (Å²) in [6, 6.07) is 14.4. The third-order valence-corrected chi connectivity index (χ3v) is 2.96. The SMILES string of the molecule is Oc1ccccc1C[N-]CC[N-]Cc1ccccc1O.[Cu+2]. The van der Waals surface area contributed by atoms with Gasteiger partial charge in [0.1, 0.15) is 11.5 Å². The van der Waals surface area contributed by atoms with E-state index in [1.54, 1.807) is 24.3 Å². The van der Waals surface area contributed by atoms with Crippen molar-refractivity contribution < 1.29 is 27.3 Å². The molecular weight excluding hydrogens is 316 g/mol. The van der Waals surface area contributed by atoms with E-state index in [9.17, 15) is 10.2 Å². The van der Waals surface area contributed by atoms with E-state index >= 15 is 0 Å². The van der Waals surface area contributed by atoms with Crippen LogP contribution in [0, 0.1) is 0 Å². The normalized spacial score (nSPS) is 10.1. The number of hydrogen-bond donors (Lipinski definition) is 2. The first kappa shape index (κ1) is 17.5. The van der Waals surface area contributed by atoms with Gasteiger partial charge in [0, 0.05) is 0 Å². The van der Waals surface area contributed by atoms with Crippen LogP contribution in [0.4, 0.5) is 0 Å². The van der Waals surface area contributed by atoms with Gasteiger partial charge in [0.2, 0.25) is 0 Å². The second-order valence-corrected chi connectivity index (χ2v) is 4.47. The van der Waals surface area contributed by atoms with Gasteiger partial charge in [-0.25, -0.2) is 0 Å². The average Bonchev–Trinajstić information content (AvgIpc) is 2.46. The van der Waals surface area contributed by atoms with E-state index in [1.165, 1.54) is 0 Å². The number of phenols is 2. The van der Waals surface area contributed by atoms with E-state index in [0.29, 0.717) is 26.2 Å². The van der Waals surface area contributed by atoms with Crippen LogP contribution in [0.3, 0.4) is 0 Å². The van der Waals surface area contributed by atoms with Crippen LogP contribution in [0.25, 0.3) is 10.6 Å². The van der Waals surface area contributed by atoms with Crippen LogP contribution in [0.15, 0.2) is 48.5 Å². The topological polar surface area (TPSA) is 68.7 Å². The minimum absolute atomic E-state index is 0. The predicted octanol–water partition coefficient (Wildman–Crippen LogP) is 3.54. The summed E-state index contributed by atoms with van der Waals surface area (Å²) in [6.45, 7) is 2.22. The van der Waals surface area contributed by atoms with Crippen molar-refractivity contribution in [3.63, 3.8) is 0 Å². The molecule has 0 spiro atoms. The first-order valence-corrected chi connectivity index (χ1v) is 6.57. The summed E-state index contributed by atoms with van der Waals surface area (Å²) in [5.74, 6) is 0.560. The van der Waals surface area contributed by atoms with Crippen molar-refractivity contribution >= 4 is 0 Å². The summed E-state index contributed by atoms with van der Waals surface area (Å²) in [5, 5.41) is 27.8. The smallest absolute Gasteiger partial charge is 0.660 e. The molecule has 0 amide bonds. The number of aromatic hydroxyl groups is 2. The van der Waals surface area contributed by atoms with Crippen LogP contribution >= 0.6 is 0 Å². The molecule has 5 heteroatoms. The minimum atomic E-state index is 0. The number of phenolic OH excluding ortho intramolecular Hbond substituents is 2. The van der Waals surface area contributed by atoms with Gasteiger partial charge < -0.3 is 20.8 Å². The maximum atomic E-state index is 9.58. The van der Waals surface area contributed by atoms with Crippen molar-refractivity contribution in [1.29, 1.82) is 0 Å². The molecule has 2 aromatic carbocycles. The molecule has 2 N–H and O–H groups in total. The zero-order chi connectivity index (χ0) is 14.2. The summed E-state index contributed by atoms with van der Waals surface area (Å²) in [5.41, 5.74) is 1.65. The molecule has 0 atom stereocenters. The van der Waals surface area contributed by atoms with Crippen molar-refractivity contribution in [3.8, 4) is 11.5 Å². The summed E-state index contributed by atoms with van der Waals surface area (Å²) in [4.78, 5) is 0. The summed E-state index contributed by atoms with van der Waals surface area (Å²) < 4.78 is 0. The van der Waals surface area contributed by atoms with E-state index in [1.807, 2.05) is 24.3 Å². The Morgan fingerprint density at radius 1 is 0.667 bits per heavy atom. The standard InChI is InChI=1S/C16H18N2O2.Cu/c19-15-7-3-1-5-13(15)11-17-9-10-18-12-14-6-2-4-8-16(14)20;/h1-8,19-20H,9-12H2;/q-2;+2. The van der Waals surface area contributed by atoms with Gasteiger partial charge in [-0.15, -0.1) is 13.1 Å². The fraction of sp³-hybridized carbons (Fsp3) is 0.250. The van der Waals surface area contributed by atoms with Crippen molar-refractivity contribution in [2.24, 2.45) is 0 Å². The predicted molar refractivity (Wildman–Crippen MR) is 80.1 cm³/mol. The Bertz CT molecular complexity index is 500. The molecule has 0 aliphatic carbocycles. The van der Waals surface area contributed by atoms with Gasteiger partial charge >= 0.3 is 17.1 Å². The largest absolute Gasteiger partial charge is 2.00 e. The van der Waals surface area contributed by atoms with Crippen LogP contribution in [0.2, 0.25) is 0 Å². The van der Waals surface area contributed by atoms with Crippen molar-refractivity contribution in [2.75, 3.05) is 13.1 Å². The summed E-state index contributed by atoms with van der Waals surface area (Å²) in [6.07, 6.45) is 0. The average molecular weight is 334 g/mol. The van der Waals surface area contributed by atoms with Gasteiger partial charge in [-0.2, -0.15) is 13.1 Å². The quantitative estimate of drug-likeness (QED) is 0.601. The fourth-order valence-corrected chi connectivity index (χ4v) is 1.83. The van der Waals surface area contributed by atoms with Gasteiger partial charge in [0.05, 0.1) is 0 Å². The molecule has 2 rings (SSSR count). The molecule has 0 saturated heterocycles. The Kier molecular flexibility index (Phi) is 7.87. The molecule has 0 fully saturated rings. The Morgan fingerprint density at radius 3 is 1.43 bits per heavy atom. The molecule has 0 aromatic heterocycles. The monoisotopic (exact) mass is 333 g/mol. The molecule has 4 nitrogen and oxygen atoms in total. The Hall–Kier alpha value is -1.52. The van der Waals surface area contributed by atoms with E-state index < -0.39 is 0 Å². The van der Waals surface area contributed by atoms with Gasteiger partial charge in [-0.05, 0) is 23.3 Å². The van der Waals surface area contributed by atoms with Gasteiger partial charge in [-0.1, -0.05) is 36.4 Å². The van der Waals surface area contributed by atoms with Crippen molar-refractivity contribution in [2.45, 2.75) is 13.1 Å². The molecule has 0 aliphatic rings. The number of hydrogen-bond acceptors (Lipinski definition) is 2. The first-order valence-electron chi connectivity index (χ1n) is 6.57.